The van der Waals surface area contributed by atoms with E-state index >= 15 is 0 Å². The Balaban J connectivity index is 2.40. The summed E-state index contributed by atoms with van der Waals surface area (Å²) in [6.07, 6.45) is 0.484. The van der Waals surface area contributed by atoms with Crippen LogP contribution >= 0.6 is 11.3 Å². The zero-order chi connectivity index (χ0) is 10.1. The number of aliphatic hydroxyl groups is 1. The highest BCUT2D eigenvalue weighted by Crippen LogP contribution is 2.26. The highest BCUT2D eigenvalue weighted by molar-refractivity contribution is 7.19. The van der Waals surface area contributed by atoms with E-state index in [9.17, 15) is 5.11 Å². The van der Waals surface area contributed by atoms with Crippen molar-refractivity contribution in [1.82, 2.24) is 0 Å². The van der Waals surface area contributed by atoms with Crippen LogP contribution in [0.5, 0.6) is 0 Å². The predicted molar refractivity (Wildman–Crippen MR) is 61.9 cm³/mol. The van der Waals surface area contributed by atoms with Gasteiger partial charge in [0.2, 0.25) is 0 Å². The van der Waals surface area contributed by atoms with Gasteiger partial charge in [-0.15, -0.1) is 11.3 Å². The first kappa shape index (κ1) is 9.69. The Bertz CT molecular complexity index is 443. The molecule has 2 heteroatoms. The van der Waals surface area contributed by atoms with Gasteiger partial charge in [-0.1, -0.05) is 12.1 Å². The standard InChI is InChI=1S/C12H14OS/c1-8(13)5-10-3-4-12-11(7-10)6-9(2)14-12/h3-4,6-8,13H,5H2,1-2H3. The lowest BCUT2D eigenvalue weighted by molar-refractivity contribution is 0.195. The topological polar surface area (TPSA) is 20.2 Å². The highest BCUT2D eigenvalue weighted by Gasteiger charge is 2.02. The van der Waals surface area contributed by atoms with Crippen LogP contribution in [0.4, 0.5) is 0 Å². The van der Waals surface area contributed by atoms with Crippen LogP contribution < -0.4 is 0 Å². The number of thiophene rings is 1. The molecule has 0 bridgehead atoms. The van der Waals surface area contributed by atoms with E-state index in [0.717, 1.165) is 6.42 Å². The van der Waals surface area contributed by atoms with Gasteiger partial charge in [-0.2, -0.15) is 0 Å². The Hall–Kier alpha value is -0.860. The SMILES string of the molecule is Cc1cc2cc(CC(C)O)ccc2s1. The number of fused-ring (bicyclic) bond motifs is 1. The third-order valence-electron chi connectivity index (χ3n) is 2.24. The fourth-order valence-electron chi connectivity index (χ4n) is 1.69. The lowest BCUT2D eigenvalue weighted by Gasteiger charge is -2.03. The molecule has 2 rings (SSSR count). The van der Waals surface area contributed by atoms with Gasteiger partial charge < -0.3 is 5.11 Å². The summed E-state index contributed by atoms with van der Waals surface area (Å²) in [5.74, 6) is 0. The van der Waals surface area contributed by atoms with Crippen molar-refractivity contribution in [1.29, 1.82) is 0 Å². The summed E-state index contributed by atoms with van der Waals surface area (Å²) in [4.78, 5) is 1.34. The van der Waals surface area contributed by atoms with Crippen LogP contribution in [0.2, 0.25) is 0 Å². The van der Waals surface area contributed by atoms with Crippen LogP contribution in [0.3, 0.4) is 0 Å². The fourth-order valence-corrected chi connectivity index (χ4v) is 2.60. The molecule has 0 saturated heterocycles. The summed E-state index contributed by atoms with van der Waals surface area (Å²) in [5, 5.41) is 10.6. The number of benzene rings is 1. The molecule has 1 nitrogen and oxygen atoms in total. The molecule has 0 fully saturated rings. The Kier molecular flexibility index (Phi) is 2.57. The summed E-state index contributed by atoms with van der Waals surface area (Å²) < 4.78 is 1.33. The van der Waals surface area contributed by atoms with Crippen molar-refractivity contribution in [2.75, 3.05) is 0 Å². The molecule has 1 aromatic heterocycles. The Morgan fingerprint density at radius 2 is 2.14 bits per heavy atom. The molecular formula is C12H14OS. The average Bonchev–Trinajstić information content (AvgIpc) is 2.42. The van der Waals surface area contributed by atoms with Gasteiger partial charge in [-0.25, -0.2) is 0 Å². The van der Waals surface area contributed by atoms with Gasteiger partial charge in [0.25, 0.3) is 0 Å². The van der Waals surface area contributed by atoms with E-state index in [4.69, 9.17) is 0 Å². The third-order valence-corrected chi connectivity index (χ3v) is 3.27. The van der Waals surface area contributed by atoms with Crippen LogP contribution in [0, 0.1) is 6.92 Å². The van der Waals surface area contributed by atoms with E-state index in [-0.39, 0.29) is 6.10 Å². The molecule has 0 aliphatic carbocycles. The second kappa shape index (κ2) is 3.71. The van der Waals surface area contributed by atoms with E-state index in [1.807, 2.05) is 18.3 Å². The molecule has 0 aliphatic rings. The minimum atomic E-state index is -0.257. The van der Waals surface area contributed by atoms with Crippen molar-refractivity contribution in [2.24, 2.45) is 0 Å². The third kappa shape index (κ3) is 1.97. The fraction of sp³-hybridized carbons (Fsp3) is 0.333. The molecule has 1 atom stereocenters. The molecule has 1 N–H and O–H groups in total. The van der Waals surface area contributed by atoms with Gasteiger partial charge in [0, 0.05) is 9.58 Å². The minimum absolute atomic E-state index is 0.257. The predicted octanol–water partition coefficient (Wildman–Crippen LogP) is 3.13. The average molecular weight is 206 g/mol. The van der Waals surface area contributed by atoms with Crippen molar-refractivity contribution in [2.45, 2.75) is 26.4 Å². The molecule has 1 heterocycles. The number of rotatable bonds is 2. The molecule has 0 amide bonds. The summed E-state index contributed by atoms with van der Waals surface area (Å²) in [6.45, 7) is 3.95. The zero-order valence-corrected chi connectivity index (χ0v) is 9.27. The molecule has 0 spiro atoms. The molecule has 1 unspecified atom stereocenters. The van der Waals surface area contributed by atoms with Crippen LogP contribution in [-0.4, -0.2) is 11.2 Å². The number of aliphatic hydroxyl groups excluding tert-OH is 1. The smallest absolute Gasteiger partial charge is 0.0552 e. The second-order valence-corrected chi connectivity index (χ2v) is 5.07. The molecule has 2 aromatic rings. The molecule has 0 aliphatic heterocycles. The van der Waals surface area contributed by atoms with Crippen molar-refractivity contribution in [3.63, 3.8) is 0 Å². The lowest BCUT2D eigenvalue weighted by Crippen LogP contribution is -2.03. The van der Waals surface area contributed by atoms with Gasteiger partial charge in [0.15, 0.2) is 0 Å². The van der Waals surface area contributed by atoms with E-state index in [1.165, 1.54) is 20.5 Å². The molecular weight excluding hydrogens is 192 g/mol. The van der Waals surface area contributed by atoms with Crippen molar-refractivity contribution < 1.29 is 5.11 Å². The first-order valence-electron chi connectivity index (χ1n) is 4.82. The number of hydrogen-bond acceptors (Lipinski definition) is 2. The lowest BCUT2D eigenvalue weighted by atomic mass is 10.1. The highest BCUT2D eigenvalue weighted by atomic mass is 32.1. The Morgan fingerprint density at radius 3 is 2.86 bits per heavy atom. The Morgan fingerprint density at radius 1 is 1.36 bits per heavy atom. The molecule has 74 valence electrons. The summed E-state index contributed by atoms with van der Waals surface area (Å²) in [5.41, 5.74) is 1.21. The van der Waals surface area contributed by atoms with Gasteiger partial charge >= 0.3 is 0 Å². The maximum atomic E-state index is 9.29. The van der Waals surface area contributed by atoms with E-state index in [0.29, 0.717) is 0 Å². The van der Waals surface area contributed by atoms with Crippen molar-refractivity contribution in [3.8, 4) is 0 Å². The van der Waals surface area contributed by atoms with Crippen molar-refractivity contribution in [3.05, 3.63) is 34.7 Å². The first-order chi connectivity index (χ1) is 6.65. The minimum Gasteiger partial charge on any atom is -0.393 e. The Labute approximate surface area is 88.0 Å². The van der Waals surface area contributed by atoms with Gasteiger partial charge in [-0.3, -0.25) is 0 Å². The normalized spacial score (nSPS) is 13.4. The molecule has 14 heavy (non-hydrogen) atoms. The van der Waals surface area contributed by atoms with Crippen LogP contribution in [0.1, 0.15) is 17.4 Å². The van der Waals surface area contributed by atoms with Crippen LogP contribution in [0.15, 0.2) is 24.3 Å². The number of hydrogen-bond donors (Lipinski definition) is 1. The number of aryl methyl sites for hydroxylation is 1. The quantitative estimate of drug-likeness (QED) is 0.800. The largest absolute Gasteiger partial charge is 0.393 e. The van der Waals surface area contributed by atoms with Gasteiger partial charge in [0.05, 0.1) is 6.10 Å². The van der Waals surface area contributed by atoms with E-state index < -0.39 is 0 Å². The summed E-state index contributed by atoms with van der Waals surface area (Å²) >= 11 is 1.82. The van der Waals surface area contributed by atoms with E-state index in [1.54, 1.807) is 0 Å². The first-order valence-corrected chi connectivity index (χ1v) is 5.64. The van der Waals surface area contributed by atoms with Gasteiger partial charge in [-0.05, 0) is 43.4 Å². The summed E-state index contributed by atoms with van der Waals surface area (Å²) in [6, 6.07) is 8.62. The molecule has 0 radical (unpaired) electrons. The second-order valence-electron chi connectivity index (χ2n) is 3.78. The maximum absolute atomic E-state index is 9.29. The monoisotopic (exact) mass is 206 g/mol. The summed E-state index contributed by atoms with van der Waals surface area (Å²) in [7, 11) is 0. The van der Waals surface area contributed by atoms with Crippen molar-refractivity contribution >= 4 is 21.4 Å². The van der Waals surface area contributed by atoms with E-state index in [2.05, 4.69) is 31.2 Å². The van der Waals surface area contributed by atoms with Crippen LogP contribution in [0.25, 0.3) is 10.1 Å². The maximum Gasteiger partial charge on any atom is 0.0552 e. The zero-order valence-electron chi connectivity index (χ0n) is 8.45. The molecule has 1 aromatic carbocycles. The molecule has 0 saturated carbocycles. The van der Waals surface area contributed by atoms with Crippen LogP contribution in [-0.2, 0) is 6.42 Å². The van der Waals surface area contributed by atoms with Gasteiger partial charge in [0.1, 0.15) is 0 Å².